The molecule has 0 saturated carbocycles. The number of nitrogens with one attached hydrogen (secondary N) is 1. The number of alkyl halides is 3. The molecule has 0 fully saturated rings. The van der Waals surface area contributed by atoms with Crippen LogP contribution in [0.4, 0.5) is 19.1 Å². The molecule has 4 rings (SSSR count). The van der Waals surface area contributed by atoms with E-state index in [-0.39, 0.29) is 18.6 Å². The largest absolute Gasteiger partial charge is 0.433 e. The molecule has 0 saturated heterocycles. The fourth-order valence-electron chi connectivity index (χ4n) is 2.81. The van der Waals surface area contributed by atoms with Crippen LogP contribution in [0, 0.1) is 0 Å². The fraction of sp³-hybridized carbons (Fsp3) is 0.278. The molecule has 0 spiro atoms. The highest BCUT2D eigenvalue weighted by molar-refractivity contribution is 5.76. The molecule has 1 atom stereocenters. The molecule has 4 aromatic rings. The van der Waals surface area contributed by atoms with Crippen molar-refractivity contribution in [2.75, 3.05) is 11.9 Å². The van der Waals surface area contributed by atoms with Crippen LogP contribution < -0.4 is 5.32 Å². The molecule has 0 radical (unpaired) electrons. The highest BCUT2D eigenvalue weighted by Crippen LogP contribution is 2.30. The van der Waals surface area contributed by atoms with Crippen molar-refractivity contribution in [3.63, 3.8) is 0 Å². The lowest BCUT2D eigenvalue weighted by molar-refractivity contribution is -0.141. The Hall–Kier alpha value is -3.54. The van der Waals surface area contributed by atoms with Crippen LogP contribution in [0.15, 0.2) is 36.9 Å². The van der Waals surface area contributed by atoms with Gasteiger partial charge >= 0.3 is 6.18 Å². The van der Waals surface area contributed by atoms with E-state index in [1.165, 1.54) is 10.6 Å². The fourth-order valence-corrected chi connectivity index (χ4v) is 2.81. The highest BCUT2D eigenvalue weighted by Gasteiger charge is 2.32. The van der Waals surface area contributed by atoms with Crippen LogP contribution in [-0.4, -0.2) is 52.1 Å². The molecule has 4 heterocycles. The zero-order chi connectivity index (χ0) is 21.5. The van der Waals surface area contributed by atoms with Gasteiger partial charge in [-0.2, -0.15) is 23.3 Å². The standard InChI is InChI=1S/C18H17F3N8O/c1-10(9-30)24-17-26-16-15(12-6-23-28(2)7-12)25-13(8-29(16)27-17)11-3-4-14(22-5-11)18(19,20)21/h3-8,10,30H,9H2,1-2H3,(H,24,27)/t10-/m0/s1. The van der Waals surface area contributed by atoms with Gasteiger partial charge in [0.1, 0.15) is 11.4 Å². The Morgan fingerprint density at radius 1 is 1.13 bits per heavy atom. The first-order chi connectivity index (χ1) is 14.2. The number of rotatable bonds is 5. The second-order valence-corrected chi connectivity index (χ2v) is 6.74. The summed E-state index contributed by atoms with van der Waals surface area (Å²) in [5, 5.41) is 20.7. The predicted molar refractivity (Wildman–Crippen MR) is 101 cm³/mol. The molecule has 2 N–H and O–H groups in total. The van der Waals surface area contributed by atoms with Gasteiger partial charge in [0.25, 0.3) is 0 Å². The number of pyridine rings is 1. The molecule has 0 aliphatic heterocycles. The van der Waals surface area contributed by atoms with E-state index in [1.54, 1.807) is 37.2 Å². The Labute approximate surface area is 168 Å². The number of anilines is 1. The molecular weight excluding hydrogens is 401 g/mol. The Bertz CT molecular complexity index is 1180. The van der Waals surface area contributed by atoms with Crippen molar-refractivity contribution in [3.05, 3.63) is 42.6 Å². The zero-order valence-electron chi connectivity index (χ0n) is 16.0. The number of hydrogen-bond acceptors (Lipinski definition) is 7. The molecule has 9 nitrogen and oxygen atoms in total. The average Bonchev–Trinajstić information content (AvgIpc) is 3.32. The van der Waals surface area contributed by atoms with Gasteiger partial charge in [-0.25, -0.2) is 9.50 Å². The Morgan fingerprint density at radius 3 is 2.53 bits per heavy atom. The van der Waals surface area contributed by atoms with Crippen molar-refractivity contribution in [3.8, 4) is 22.5 Å². The van der Waals surface area contributed by atoms with Crippen LogP contribution in [0.25, 0.3) is 28.2 Å². The van der Waals surface area contributed by atoms with Gasteiger partial charge in [-0.15, -0.1) is 5.10 Å². The predicted octanol–water partition coefficient (Wildman–Crippen LogP) is 2.40. The maximum atomic E-state index is 12.8. The summed E-state index contributed by atoms with van der Waals surface area (Å²) in [4.78, 5) is 12.5. The van der Waals surface area contributed by atoms with E-state index in [1.807, 2.05) is 0 Å². The smallest absolute Gasteiger partial charge is 0.394 e. The molecule has 0 unspecified atom stereocenters. The first-order valence-electron chi connectivity index (χ1n) is 8.92. The molecule has 0 aliphatic rings. The van der Waals surface area contributed by atoms with E-state index < -0.39 is 11.9 Å². The summed E-state index contributed by atoms with van der Waals surface area (Å²) in [5.41, 5.74) is 1.33. The third kappa shape index (κ3) is 3.81. The maximum Gasteiger partial charge on any atom is 0.433 e. The molecule has 30 heavy (non-hydrogen) atoms. The van der Waals surface area contributed by atoms with E-state index in [0.717, 1.165) is 12.3 Å². The van der Waals surface area contributed by atoms with Gasteiger partial charge in [-0.1, -0.05) is 0 Å². The monoisotopic (exact) mass is 418 g/mol. The summed E-state index contributed by atoms with van der Waals surface area (Å²) in [5.74, 6) is 0.284. The van der Waals surface area contributed by atoms with Crippen LogP contribution >= 0.6 is 0 Å². The summed E-state index contributed by atoms with van der Waals surface area (Å²) in [6.07, 6.45) is 1.51. The third-order valence-corrected chi connectivity index (χ3v) is 4.30. The second-order valence-electron chi connectivity index (χ2n) is 6.74. The molecule has 0 amide bonds. The van der Waals surface area contributed by atoms with E-state index in [9.17, 15) is 18.3 Å². The van der Waals surface area contributed by atoms with Crippen molar-refractivity contribution in [2.24, 2.45) is 7.05 Å². The highest BCUT2D eigenvalue weighted by atomic mass is 19.4. The lowest BCUT2D eigenvalue weighted by Crippen LogP contribution is -2.20. The van der Waals surface area contributed by atoms with Crippen LogP contribution in [-0.2, 0) is 13.2 Å². The molecule has 0 aliphatic carbocycles. The van der Waals surface area contributed by atoms with Crippen LogP contribution in [0.1, 0.15) is 12.6 Å². The maximum absolute atomic E-state index is 12.8. The summed E-state index contributed by atoms with van der Waals surface area (Å²) in [6.45, 7) is 1.66. The minimum atomic E-state index is -4.52. The molecule has 156 valence electrons. The zero-order valence-corrected chi connectivity index (χ0v) is 16.0. The quantitative estimate of drug-likeness (QED) is 0.513. The normalized spacial score (nSPS) is 13.0. The molecular formula is C18H17F3N8O. The van der Waals surface area contributed by atoms with E-state index in [4.69, 9.17) is 0 Å². The number of aliphatic hydroxyl groups excluding tert-OH is 1. The summed E-state index contributed by atoms with van der Waals surface area (Å²) in [6, 6.07) is 1.94. The first-order valence-corrected chi connectivity index (χ1v) is 8.92. The van der Waals surface area contributed by atoms with Crippen LogP contribution in [0.3, 0.4) is 0 Å². The topological polar surface area (TPSA) is 106 Å². The summed E-state index contributed by atoms with van der Waals surface area (Å²) >= 11 is 0. The van der Waals surface area contributed by atoms with Crippen molar-refractivity contribution < 1.29 is 18.3 Å². The van der Waals surface area contributed by atoms with Crippen molar-refractivity contribution in [2.45, 2.75) is 19.1 Å². The molecule has 12 heteroatoms. The van der Waals surface area contributed by atoms with Gasteiger partial charge in [-0.3, -0.25) is 9.67 Å². The lowest BCUT2D eigenvalue weighted by atomic mass is 10.2. The first kappa shape index (κ1) is 19.8. The molecule has 4 aromatic heterocycles. The average molecular weight is 418 g/mol. The minimum absolute atomic E-state index is 0.105. The van der Waals surface area contributed by atoms with Gasteiger partial charge in [0.05, 0.1) is 24.7 Å². The Morgan fingerprint density at radius 2 is 1.93 bits per heavy atom. The van der Waals surface area contributed by atoms with Crippen LogP contribution in [0.2, 0.25) is 0 Å². The minimum Gasteiger partial charge on any atom is -0.394 e. The third-order valence-electron chi connectivity index (χ3n) is 4.30. The number of aromatic nitrogens is 7. The van der Waals surface area contributed by atoms with E-state index in [2.05, 4.69) is 30.5 Å². The van der Waals surface area contributed by atoms with Gasteiger partial charge < -0.3 is 10.4 Å². The summed E-state index contributed by atoms with van der Waals surface area (Å²) in [7, 11) is 1.75. The SMILES string of the molecule is C[C@@H](CO)Nc1nc2c(-c3cnn(C)c3)nc(-c3ccc(C(F)(F)F)nc3)cn2n1. The van der Waals surface area contributed by atoms with Crippen molar-refractivity contribution in [1.82, 2.24) is 34.3 Å². The second kappa shape index (κ2) is 7.37. The number of aliphatic hydroxyl groups is 1. The number of aryl methyl sites for hydroxylation is 1. The number of halogens is 3. The van der Waals surface area contributed by atoms with Crippen molar-refractivity contribution >= 4 is 11.6 Å². The molecule has 0 aromatic carbocycles. The van der Waals surface area contributed by atoms with Crippen molar-refractivity contribution in [1.29, 1.82) is 0 Å². The number of hydrogen-bond donors (Lipinski definition) is 2. The Balaban J connectivity index is 1.84. The summed E-state index contributed by atoms with van der Waals surface area (Å²) < 4.78 is 41.5. The van der Waals surface area contributed by atoms with Gasteiger partial charge in [0.15, 0.2) is 5.65 Å². The number of fused-ring (bicyclic) bond motifs is 1. The number of nitrogens with zero attached hydrogens (tertiary/aromatic N) is 7. The Kier molecular flexibility index (Phi) is 4.86. The van der Waals surface area contributed by atoms with Gasteiger partial charge in [0, 0.05) is 36.6 Å². The lowest BCUT2D eigenvalue weighted by Gasteiger charge is -2.08. The van der Waals surface area contributed by atoms with Crippen LogP contribution in [0.5, 0.6) is 0 Å². The van der Waals surface area contributed by atoms with Gasteiger partial charge in [-0.05, 0) is 19.1 Å². The van der Waals surface area contributed by atoms with Gasteiger partial charge in [0.2, 0.25) is 5.95 Å². The molecule has 0 bridgehead atoms. The van der Waals surface area contributed by atoms with E-state index in [0.29, 0.717) is 28.2 Å². The van der Waals surface area contributed by atoms with E-state index >= 15 is 0 Å².